The average Bonchev–Trinajstić information content (AvgIpc) is 2.30. The summed E-state index contributed by atoms with van der Waals surface area (Å²) in [5.41, 5.74) is 2.20. The molecule has 0 amide bonds. The lowest BCUT2D eigenvalue weighted by molar-refractivity contribution is -0.0673. The Kier molecular flexibility index (Phi) is 5.78. The summed E-state index contributed by atoms with van der Waals surface area (Å²) in [6, 6.07) is 7.92. The minimum atomic E-state index is -0.197. The Labute approximate surface area is 104 Å². The Morgan fingerprint density at radius 3 is 2.47 bits per heavy atom. The quantitative estimate of drug-likeness (QED) is 0.518. The lowest BCUT2D eigenvalue weighted by Crippen LogP contribution is -2.16. The summed E-state index contributed by atoms with van der Waals surface area (Å²) in [5, 5.41) is 0. The molecule has 0 spiro atoms. The molecule has 1 rings (SSSR count). The number of unbranched alkanes of at least 4 members (excludes halogenated alkanes) is 1. The van der Waals surface area contributed by atoms with Gasteiger partial charge >= 0.3 is 0 Å². The van der Waals surface area contributed by atoms with Crippen LogP contribution in [0.5, 0.6) is 5.75 Å². The fourth-order valence-electron chi connectivity index (χ4n) is 1.44. The third kappa shape index (κ3) is 5.05. The molecular weight excluding hydrogens is 212 g/mol. The van der Waals surface area contributed by atoms with Crippen molar-refractivity contribution in [2.75, 3.05) is 6.61 Å². The summed E-state index contributed by atoms with van der Waals surface area (Å²) < 4.78 is 11.2. The van der Waals surface area contributed by atoms with Gasteiger partial charge in [-0.05, 0) is 38.0 Å². The van der Waals surface area contributed by atoms with Crippen LogP contribution in [0.1, 0.15) is 39.2 Å². The molecule has 0 aliphatic heterocycles. The number of hydrogen-bond donors (Lipinski definition) is 0. The minimum Gasteiger partial charge on any atom is -0.465 e. The van der Waals surface area contributed by atoms with Crippen LogP contribution in [0, 0.1) is 0 Å². The van der Waals surface area contributed by atoms with E-state index in [1.807, 2.05) is 38.1 Å². The molecule has 0 N–H and O–H groups in total. The van der Waals surface area contributed by atoms with E-state index in [9.17, 15) is 0 Å². The van der Waals surface area contributed by atoms with E-state index in [1.54, 1.807) is 0 Å². The smallest absolute Gasteiger partial charge is 0.196 e. The predicted octanol–water partition coefficient (Wildman–Crippen LogP) is 4.26. The average molecular weight is 234 g/mol. The highest BCUT2D eigenvalue weighted by Crippen LogP contribution is 2.18. The zero-order valence-corrected chi connectivity index (χ0v) is 11.0. The molecule has 2 nitrogen and oxygen atoms in total. The standard InChI is InChI=1S/C15H22O2/c1-5-6-11-16-13(4)17-15-9-7-14(8-10-15)12(2)3/h7-10,13H,2,5-6,11H2,1,3-4H3. The van der Waals surface area contributed by atoms with E-state index in [-0.39, 0.29) is 6.29 Å². The molecule has 0 fully saturated rings. The molecule has 0 saturated heterocycles. The topological polar surface area (TPSA) is 18.5 Å². The zero-order chi connectivity index (χ0) is 12.7. The lowest BCUT2D eigenvalue weighted by atomic mass is 10.1. The summed E-state index contributed by atoms with van der Waals surface area (Å²) in [6.07, 6.45) is 2.01. The second-order valence-corrected chi connectivity index (χ2v) is 4.21. The Bertz CT molecular complexity index is 340. The highest BCUT2D eigenvalue weighted by molar-refractivity contribution is 5.61. The molecule has 0 heterocycles. The maximum atomic E-state index is 5.64. The van der Waals surface area contributed by atoms with Crippen LogP contribution in [0.25, 0.3) is 5.57 Å². The number of benzene rings is 1. The van der Waals surface area contributed by atoms with Gasteiger partial charge in [0, 0.05) is 0 Å². The van der Waals surface area contributed by atoms with E-state index in [0.717, 1.165) is 36.3 Å². The van der Waals surface area contributed by atoms with Crippen molar-refractivity contribution in [3.8, 4) is 5.75 Å². The van der Waals surface area contributed by atoms with Crippen LogP contribution in [0.4, 0.5) is 0 Å². The molecule has 94 valence electrons. The normalized spacial score (nSPS) is 12.2. The van der Waals surface area contributed by atoms with Crippen LogP contribution in [0.15, 0.2) is 30.8 Å². The number of rotatable bonds is 7. The van der Waals surface area contributed by atoms with E-state index >= 15 is 0 Å². The molecule has 0 radical (unpaired) electrons. The van der Waals surface area contributed by atoms with Gasteiger partial charge in [0.05, 0.1) is 6.61 Å². The van der Waals surface area contributed by atoms with Gasteiger partial charge in [0.15, 0.2) is 6.29 Å². The molecule has 1 aromatic carbocycles. The molecule has 0 bridgehead atoms. The van der Waals surface area contributed by atoms with Crippen LogP contribution in [-0.4, -0.2) is 12.9 Å². The molecule has 17 heavy (non-hydrogen) atoms. The van der Waals surface area contributed by atoms with Gasteiger partial charge in [0.1, 0.15) is 5.75 Å². The second kappa shape index (κ2) is 7.13. The van der Waals surface area contributed by atoms with Crippen molar-refractivity contribution in [2.24, 2.45) is 0 Å². The summed E-state index contributed by atoms with van der Waals surface area (Å²) >= 11 is 0. The van der Waals surface area contributed by atoms with E-state index in [2.05, 4.69) is 13.5 Å². The van der Waals surface area contributed by atoms with Crippen LogP contribution in [0.3, 0.4) is 0 Å². The molecule has 0 saturated carbocycles. The predicted molar refractivity (Wildman–Crippen MR) is 72.1 cm³/mol. The van der Waals surface area contributed by atoms with E-state index < -0.39 is 0 Å². The third-order valence-corrected chi connectivity index (χ3v) is 2.50. The van der Waals surface area contributed by atoms with Crippen molar-refractivity contribution in [2.45, 2.75) is 39.9 Å². The van der Waals surface area contributed by atoms with Gasteiger partial charge in [-0.1, -0.05) is 37.6 Å². The van der Waals surface area contributed by atoms with Gasteiger partial charge in [0.25, 0.3) is 0 Å². The summed E-state index contributed by atoms with van der Waals surface area (Å²) in [4.78, 5) is 0. The molecule has 0 aliphatic carbocycles. The van der Waals surface area contributed by atoms with E-state index in [1.165, 1.54) is 0 Å². The maximum absolute atomic E-state index is 5.64. The van der Waals surface area contributed by atoms with Crippen LogP contribution in [0.2, 0.25) is 0 Å². The molecule has 1 unspecified atom stereocenters. The first kappa shape index (κ1) is 13.8. The summed E-state index contributed by atoms with van der Waals surface area (Å²) in [6.45, 7) is 10.7. The molecular formula is C15H22O2. The third-order valence-electron chi connectivity index (χ3n) is 2.50. The SMILES string of the molecule is C=C(C)c1ccc(OC(C)OCCCC)cc1. The van der Waals surface area contributed by atoms with Gasteiger partial charge in [-0.15, -0.1) is 0 Å². The van der Waals surface area contributed by atoms with Crippen LogP contribution in [-0.2, 0) is 4.74 Å². The van der Waals surface area contributed by atoms with Crippen molar-refractivity contribution in [3.63, 3.8) is 0 Å². The van der Waals surface area contributed by atoms with Crippen molar-refractivity contribution < 1.29 is 9.47 Å². The monoisotopic (exact) mass is 234 g/mol. The van der Waals surface area contributed by atoms with Gasteiger partial charge in [0.2, 0.25) is 0 Å². The fraction of sp³-hybridized carbons (Fsp3) is 0.467. The van der Waals surface area contributed by atoms with Crippen LogP contribution < -0.4 is 4.74 Å². The highest BCUT2D eigenvalue weighted by Gasteiger charge is 2.03. The number of ether oxygens (including phenoxy) is 2. The Morgan fingerprint density at radius 2 is 1.94 bits per heavy atom. The molecule has 0 aliphatic rings. The zero-order valence-electron chi connectivity index (χ0n) is 11.0. The van der Waals surface area contributed by atoms with Gasteiger partial charge in [-0.2, -0.15) is 0 Å². The van der Waals surface area contributed by atoms with E-state index in [4.69, 9.17) is 9.47 Å². The van der Waals surface area contributed by atoms with Crippen molar-refractivity contribution in [1.82, 2.24) is 0 Å². The minimum absolute atomic E-state index is 0.197. The Hall–Kier alpha value is -1.28. The van der Waals surface area contributed by atoms with Gasteiger partial charge in [-0.25, -0.2) is 0 Å². The first-order valence-corrected chi connectivity index (χ1v) is 6.17. The van der Waals surface area contributed by atoms with Crippen molar-refractivity contribution in [3.05, 3.63) is 36.4 Å². The molecule has 0 aromatic heterocycles. The summed E-state index contributed by atoms with van der Waals surface area (Å²) in [7, 11) is 0. The Morgan fingerprint density at radius 1 is 1.29 bits per heavy atom. The van der Waals surface area contributed by atoms with Gasteiger partial charge < -0.3 is 9.47 Å². The Balaban J connectivity index is 2.43. The summed E-state index contributed by atoms with van der Waals surface area (Å²) in [5.74, 6) is 0.832. The fourth-order valence-corrected chi connectivity index (χ4v) is 1.44. The van der Waals surface area contributed by atoms with Gasteiger partial charge in [-0.3, -0.25) is 0 Å². The van der Waals surface area contributed by atoms with Crippen molar-refractivity contribution >= 4 is 5.57 Å². The largest absolute Gasteiger partial charge is 0.465 e. The van der Waals surface area contributed by atoms with Crippen molar-refractivity contribution in [1.29, 1.82) is 0 Å². The molecule has 1 atom stereocenters. The van der Waals surface area contributed by atoms with Crippen LogP contribution >= 0.6 is 0 Å². The first-order valence-electron chi connectivity index (χ1n) is 6.17. The second-order valence-electron chi connectivity index (χ2n) is 4.21. The highest BCUT2D eigenvalue weighted by atomic mass is 16.7. The first-order chi connectivity index (χ1) is 8.13. The molecule has 1 aromatic rings. The van der Waals surface area contributed by atoms with E-state index in [0.29, 0.717) is 0 Å². The number of hydrogen-bond acceptors (Lipinski definition) is 2. The maximum Gasteiger partial charge on any atom is 0.196 e. The molecule has 2 heteroatoms. The lowest BCUT2D eigenvalue weighted by Gasteiger charge is -2.15. The number of allylic oxidation sites excluding steroid dienone is 1.